The van der Waals surface area contributed by atoms with Crippen molar-refractivity contribution in [2.24, 2.45) is 10.9 Å². The normalized spacial score (nSPS) is 20.2. The van der Waals surface area contributed by atoms with Gasteiger partial charge in [0.05, 0.1) is 6.54 Å². The number of halogens is 3. The van der Waals surface area contributed by atoms with Crippen molar-refractivity contribution in [3.63, 3.8) is 0 Å². The molecule has 0 aromatic carbocycles. The molecule has 7 nitrogen and oxygen atoms in total. The summed E-state index contributed by atoms with van der Waals surface area (Å²) in [7, 11) is 0. The van der Waals surface area contributed by atoms with Gasteiger partial charge in [-0.15, -0.1) is 0 Å². The predicted octanol–water partition coefficient (Wildman–Crippen LogP) is 2.87. The number of alkyl halides is 3. The number of hydrogen-bond donors (Lipinski definition) is 2. The molecule has 172 valence electrons. The van der Waals surface area contributed by atoms with Crippen LogP contribution in [0.5, 0.6) is 5.88 Å². The number of amides is 1. The smallest absolute Gasteiger partial charge is 0.422 e. The van der Waals surface area contributed by atoms with Crippen molar-refractivity contribution in [3.8, 4) is 5.88 Å². The number of carbonyl (C=O) groups excluding carboxylic acids is 1. The Labute approximate surface area is 180 Å². The molecule has 2 N–H and O–H groups in total. The van der Waals surface area contributed by atoms with Gasteiger partial charge in [-0.05, 0) is 37.8 Å². The van der Waals surface area contributed by atoms with Crippen LogP contribution < -0.4 is 15.4 Å². The van der Waals surface area contributed by atoms with Gasteiger partial charge in [-0.25, -0.2) is 9.98 Å². The molecule has 0 spiro atoms. The van der Waals surface area contributed by atoms with Gasteiger partial charge in [-0.2, -0.15) is 13.2 Å². The van der Waals surface area contributed by atoms with Crippen molar-refractivity contribution in [3.05, 3.63) is 23.9 Å². The minimum atomic E-state index is -4.41. The van der Waals surface area contributed by atoms with E-state index in [9.17, 15) is 18.0 Å². The second-order valence-corrected chi connectivity index (χ2v) is 8.00. The van der Waals surface area contributed by atoms with Gasteiger partial charge in [0.1, 0.15) is 0 Å². The second kappa shape index (κ2) is 10.7. The average molecular weight is 441 g/mol. The molecule has 0 bridgehead atoms. The first-order valence-corrected chi connectivity index (χ1v) is 10.8. The summed E-state index contributed by atoms with van der Waals surface area (Å²) in [5.74, 6) is 0.977. The third kappa shape index (κ3) is 7.29. The van der Waals surface area contributed by atoms with Crippen molar-refractivity contribution in [2.75, 3.05) is 26.2 Å². The van der Waals surface area contributed by atoms with E-state index in [-0.39, 0.29) is 30.3 Å². The fourth-order valence-corrected chi connectivity index (χ4v) is 3.98. The molecule has 10 heteroatoms. The lowest BCUT2D eigenvalue weighted by Crippen LogP contribution is -2.45. The minimum Gasteiger partial charge on any atom is -0.468 e. The quantitative estimate of drug-likeness (QED) is 0.503. The van der Waals surface area contributed by atoms with Gasteiger partial charge >= 0.3 is 6.18 Å². The van der Waals surface area contributed by atoms with Gasteiger partial charge in [0.2, 0.25) is 11.8 Å². The zero-order valence-electron chi connectivity index (χ0n) is 17.7. The summed E-state index contributed by atoms with van der Waals surface area (Å²) in [5.41, 5.74) is 0.689. The maximum atomic E-state index is 12.6. The van der Waals surface area contributed by atoms with E-state index in [0.717, 1.165) is 38.6 Å². The van der Waals surface area contributed by atoms with Crippen LogP contribution in [0.4, 0.5) is 13.2 Å². The van der Waals surface area contributed by atoms with Crippen LogP contribution in [-0.4, -0.2) is 60.2 Å². The van der Waals surface area contributed by atoms with Crippen LogP contribution in [0.15, 0.2) is 23.3 Å². The maximum Gasteiger partial charge on any atom is 0.422 e. The zero-order valence-corrected chi connectivity index (χ0v) is 17.7. The fourth-order valence-electron chi connectivity index (χ4n) is 3.98. The Balaban J connectivity index is 1.54. The largest absolute Gasteiger partial charge is 0.468 e. The number of aromatic nitrogens is 1. The molecule has 0 radical (unpaired) electrons. The Morgan fingerprint density at radius 3 is 2.81 bits per heavy atom. The second-order valence-electron chi connectivity index (χ2n) is 8.00. The standard InChI is InChI=1S/C21H30F3N5O2/c1-2-25-20(27-12-15-7-9-26-18(11-15)31-14-21(22,23)24)28-17-8-10-29(13-17)19(30)16-5-3-4-6-16/h7,9,11,16-17H,2-6,8,10,12-14H2,1H3,(H2,25,27,28). The van der Waals surface area contributed by atoms with Gasteiger partial charge in [0.25, 0.3) is 0 Å². The van der Waals surface area contributed by atoms with Crippen LogP contribution >= 0.6 is 0 Å². The Bertz CT molecular complexity index is 766. The van der Waals surface area contributed by atoms with E-state index in [1.807, 2.05) is 11.8 Å². The molecule has 3 rings (SSSR count). The van der Waals surface area contributed by atoms with E-state index in [4.69, 9.17) is 4.74 Å². The van der Waals surface area contributed by atoms with E-state index >= 15 is 0 Å². The molecule has 1 unspecified atom stereocenters. The van der Waals surface area contributed by atoms with Crippen molar-refractivity contribution >= 4 is 11.9 Å². The van der Waals surface area contributed by atoms with E-state index in [1.54, 1.807) is 6.07 Å². The van der Waals surface area contributed by atoms with Crippen LogP contribution in [0.2, 0.25) is 0 Å². The van der Waals surface area contributed by atoms with Crippen molar-refractivity contribution in [2.45, 2.75) is 57.8 Å². The molecule has 1 aromatic rings. The Morgan fingerprint density at radius 2 is 2.10 bits per heavy atom. The molecule has 31 heavy (non-hydrogen) atoms. The van der Waals surface area contributed by atoms with Gasteiger partial charge < -0.3 is 20.3 Å². The molecule has 1 aliphatic carbocycles. The first-order chi connectivity index (χ1) is 14.8. The number of carbonyl (C=O) groups is 1. The van der Waals surface area contributed by atoms with E-state index in [1.165, 1.54) is 12.3 Å². The highest BCUT2D eigenvalue weighted by molar-refractivity contribution is 5.81. The zero-order chi connectivity index (χ0) is 22.3. The highest BCUT2D eigenvalue weighted by Gasteiger charge is 2.32. The van der Waals surface area contributed by atoms with Crippen molar-refractivity contribution in [1.29, 1.82) is 0 Å². The van der Waals surface area contributed by atoms with Crippen molar-refractivity contribution in [1.82, 2.24) is 20.5 Å². The maximum absolute atomic E-state index is 12.6. The van der Waals surface area contributed by atoms with E-state index in [2.05, 4.69) is 20.6 Å². The molecule has 1 saturated heterocycles. The molecule has 1 aliphatic heterocycles. The number of nitrogens with zero attached hydrogens (tertiary/aromatic N) is 3. The topological polar surface area (TPSA) is 78.9 Å². The fraction of sp³-hybridized carbons (Fsp3) is 0.667. The molecular formula is C21H30F3N5O2. The molecule has 1 saturated carbocycles. The highest BCUT2D eigenvalue weighted by atomic mass is 19.4. The summed E-state index contributed by atoms with van der Waals surface area (Å²) in [6, 6.07) is 3.26. The first kappa shape index (κ1) is 23.1. The van der Waals surface area contributed by atoms with Crippen LogP contribution in [0, 0.1) is 5.92 Å². The molecule has 1 aromatic heterocycles. The number of pyridine rings is 1. The number of nitrogens with one attached hydrogen (secondary N) is 2. The summed E-state index contributed by atoms with van der Waals surface area (Å²) in [6.45, 7) is 2.91. The highest BCUT2D eigenvalue weighted by Crippen LogP contribution is 2.27. The molecule has 1 atom stereocenters. The monoisotopic (exact) mass is 441 g/mol. The molecule has 2 fully saturated rings. The Morgan fingerprint density at radius 1 is 1.32 bits per heavy atom. The van der Waals surface area contributed by atoms with Gasteiger partial charge in [0.15, 0.2) is 12.6 Å². The Kier molecular flexibility index (Phi) is 7.97. The number of aliphatic imine (C=N–C) groups is 1. The van der Waals surface area contributed by atoms with Crippen LogP contribution in [0.25, 0.3) is 0 Å². The van der Waals surface area contributed by atoms with Gasteiger partial charge in [-0.1, -0.05) is 12.8 Å². The molecular weight excluding hydrogens is 411 g/mol. The van der Waals surface area contributed by atoms with Crippen molar-refractivity contribution < 1.29 is 22.7 Å². The third-order valence-corrected chi connectivity index (χ3v) is 5.49. The summed E-state index contributed by atoms with van der Waals surface area (Å²) < 4.78 is 41.7. The minimum absolute atomic E-state index is 0.0835. The van der Waals surface area contributed by atoms with Crippen LogP contribution in [-0.2, 0) is 11.3 Å². The lowest BCUT2D eigenvalue weighted by molar-refractivity contribution is -0.154. The third-order valence-electron chi connectivity index (χ3n) is 5.49. The summed E-state index contributed by atoms with van der Waals surface area (Å²) in [4.78, 5) is 22.9. The van der Waals surface area contributed by atoms with Crippen LogP contribution in [0.1, 0.15) is 44.6 Å². The lowest BCUT2D eigenvalue weighted by atomic mass is 10.1. The van der Waals surface area contributed by atoms with Gasteiger partial charge in [0, 0.05) is 43.9 Å². The number of rotatable bonds is 7. The van der Waals surface area contributed by atoms with Crippen LogP contribution in [0.3, 0.4) is 0 Å². The van der Waals surface area contributed by atoms with E-state index < -0.39 is 12.8 Å². The number of likely N-dealkylation sites (tertiary alicyclic amines) is 1. The number of guanidine groups is 1. The summed E-state index contributed by atoms with van der Waals surface area (Å²) in [6.07, 6.45) is 2.12. The Hall–Kier alpha value is -2.52. The summed E-state index contributed by atoms with van der Waals surface area (Å²) >= 11 is 0. The van der Waals surface area contributed by atoms with E-state index in [0.29, 0.717) is 24.6 Å². The SMILES string of the molecule is CCNC(=NCc1ccnc(OCC(F)(F)F)c1)NC1CCN(C(=O)C2CCCC2)C1. The summed E-state index contributed by atoms with van der Waals surface area (Å²) in [5, 5.41) is 6.55. The predicted molar refractivity (Wildman–Crippen MR) is 111 cm³/mol. The molecule has 2 aliphatic rings. The average Bonchev–Trinajstić information content (AvgIpc) is 3.42. The number of hydrogen-bond acceptors (Lipinski definition) is 4. The number of ether oxygens (including phenoxy) is 1. The molecule has 1 amide bonds. The molecule has 2 heterocycles. The van der Waals surface area contributed by atoms with Gasteiger partial charge in [-0.3, -0.25) is 4.79 Å². The first-order valence-electron chi connectivity index (χ1n) is 10.8. The lowest BCUT2D eigenvalue weighted by Gasteiger charge is -2.21.